The lowest BCUT2D eigenvalue weighted by atomic mass is 10.1. The quantitative estimate of drug-likeness (QED) is 0.176. The molecule has 2 aromatic heterocycles. The van der Waals surface area contributed by atoms with E-state index >= 15 is 0 Å². The molecule has 12 heteroatoms. The van der Waals surface area contributed by atoms with Crippen LogP contribution in [0.4, 0.5) is 0 Å². The van der Waals surface area contributed by atoms with E-state index in [-0.39, 0.29) is 5.91 Å². The van der Waals surface area contributed by atoms with Gasteiger partial charge >= 0.3 is 0 Å². The molecule has 198 valence electrons. The Bertz CT molecular complexity index is 995. The SMILES string of the molecule is C[C@H](NC(=O)[C@H](CCCCN)NC(=O)c1ccc(-c2cccs2)s1)C(=O)N[C@@H](CCCCN)C(N)=O. The lowest BCUT2D eigenvalue weighted by molar-refractivity contribution is -0.131. The largest absolute Gasteiger partial charge is 0.368 e. The smallest absolute Gasteiger partial charge is 0.262 e. The summed E-state index contributed by atoms with van der Waals surface area (Å²) in [5.74, 6) is -2.03. The van der Waals surface area contributed by atoms with Gasteiger partial charge in [-0.25, -0.2) is 0 Å². The number of hydrogen-bond donors (Lipinski definition) is 6. The van der Waals surface area contributed by atoms with Crippen molar-refractivity contribution >= 4 is 46.3 Å². The zero-order valence-electron chi connectivity index (χ0n) is 20.5. The third-order valence-corrected chi connectivity index (χ3v) is 7.67. The second-order valence-electron chi connectivity index (χ2n) is 8.43. The lowest BCUT2D eigenvalue weighted by Crippen LogP contribution is -2.55. The number of primary amides is 1. The Labute approximate surface area is 219 Å². The molecule has 3 atom stereocenters. The highest BCUT2D eigenvalue weighted by Gasteiger charge is 2.27. The van der Waals surface area contributed by atoms with Gasteiger partial charge in [-0.05, 0) is 82.1 Å². The summed E-state index contributed by atoms with van der Waals surface area (Å²) in [7, 11) is 0. The Kier molecular flexibility index (Phi) is 12.5. The topological polar surface area (TPSA) is 182 Å². The van der Waals surface area contributed by atoms with Gasteiger partial charge in [0.2, 0.25) is 17.7 Å². The van der Waals surface area contributed by atoms with Gasteiger partial charge in [-0.3, -0.25) is 19.2 Å². The van der Waals surface area contributed by atoms with Gasteiger partial charge in [-0.1, -0.05) is 6.07 Å². The summed E-state index contributed by atoms with van der Waals surface area (Å²) in [6.07, 6.45) is 3.40. The van der Waals surface area contributed by atoms with E-state index in [0.717, 1.165) is 9.75 Å². The van der Waals surface area contributed by atoms with Crippen LogP contribution in [0.1, 0.15) is 55.1 Å². The standard InChI is InChI=1S/C24H36N6O4S2/c1-15(22(32)29-16(21(27)31)7-2-4-12-25)28-23(33)17(8-3-5-13-26)30-24(34)20-11-10-19(36-20)18-9-6-14-35-18/h6,9-11,14-17H,2-5,7-8,12-13,25-26H2,1H3,(H2,27,31)(H,28,33)(H,29,32)(H,30,34)/t15-,16-,17-/m0/s1. The molecule has 2 aromatic rings. The van der Waals surface area contributed by atoms with Crippen molar-refractivity contribution < 1.29 is 19.2 Å². The van der Waals surface area contributed by atoms with Gasteiger partial charge in [0.1, 0.15) is 18.1 Å². The van der Waals surface area contributed by atoms with Gasteiger partial charge in [0.15, 0.2) is 0 Å². The van der Waals surface area contributed by atoms with Gasteiger partial charge in [0.05, 0.1) is 4.88 Å². The van der Waals surface area contributed by atoms with E-state index in [2.05, 4.69) is 16.0 Å². The molecular formula is C24H36N6O4S2. The maximum Gasteiger partial charge on any atom is 0.262 e. The van der Waals surface area contributed by atoms with Gasteiger partial charge in [-0.15, -0.1) is 22.7 Å². The number of nitrogens with two attached hydrogens (primary N) is 3. The van der Waals surface area contributed by atoms with Crippen molar-refractivity contribution in [3.63, 3.8) is 0 Å². The maximum atomic E-state index is 13.0. The Balaban J connectivity index is 2.00. The molecule has 0 fully saturated rings. The molecule has 9 N–H and O–H groups in total. The predicted octanol–water partition coefficient (Wildman–Crippen LogP) is 1.31. The van der Waals surface area contributed by atoms with Crippen LogP contribution in [0, 0.1) is 0 Å². The number of hydrogen-bond acceptors (Lipinski definition) is 8. The van der Waals surface area contributed by atoms with E-state index in [9.17, 15) is 19.2 Å². The molecule has 0 saturated carbocycles. The van der Waals surface area contributed by atoms with E-state index < -0.39 is 35.8 Å². The molecule has 2 rings (SSSR count). The average molecular weight is 537 g/mol. The molecule has 0 bridgehead atoms. The van der Waals surface area contributed by atoms with E-state index in [4.69, 9.17) is 17.2 Å². The first kappa shape index (κ1) is 29.4. The van der Waals surface area contributed by atoms with Gasteiger partial charge in [0, 0.05) is 9.75 Å². The molecule has 10 nitrogen and oxygen atoms in total. The number of nitrogens with one attached hydrogen (secondary N) is 3. The van der Waals surface area contributed by atoms with Crippen molar-refractivity contribution in [3.8, 4) is 9.75 Å². The molecule has 36 heavy (non-hydrogen) atoms. The fourth-order valence-corrected chi connectivity index (χ4v) is 5.20. The van der Waals surface area contributed by atoms with Crippen LogP contribution >= 0.6 is 22.7 Å². The number of carbonyl (C=O) groups excluding carboxylic acids is 4. The van der Waals surface area contributed by atoms with Crippen LogP contribution in [-0.2, 0) is 14.4 Å². The zero-order chi connectivity index (χ0) is 26.5. The third kappa shape index (κ3) is 9.34. The molecule has 2 heterocycles. The van der Waals surface area contributed by atoms with Crippen LogP contribution < -0.4 is 33.2 Å². The minimum Gasteiger partial charge on any atom is -0.368 e. The lowest BCUT2D eigenvalue weighted by Gasteiger charge is -2.22. The Morgan fingerprint density at radius 1 is 0.833 bits per heavy atom. The predicted molar refractivity (Wildman–Crippen MR) is 143 cm³/mol. The minimum absolute atomic E-state index is 0.360. The number of carbonyl (C=O) groups is 4. The number of thiophene rings is 2. The van der Waals surface area contributed by atoms with Crippen molar-refractivity contribution in [3.05, 3.63) is 34.5 Å². The number of unbranched alkanes of at least 4 members (excludes halogenated alkanes) is 2. The summed E-state index contributed by atoms with van der Waals surface area (Å²) in [5, 5.41) is 9.98. The molecule has 4 amide bonds. The van der Waals surface area contributed by atoms with Crippen LogP contribution in [-0.4, -0.2) is 54.8 Å². The third-order valence-electron chi connectivity index (χ3n) is 5.52. The van der Waals surface area contributed by atoms with Crippen molar-refractivity contribution in [2.75, 3.05) is 13.1 Å². The Morgan fingerprint density at radius 3 is 2.08 bits per heavy atom. The number of rotatable bonds is 16. The van der Waals surface area contributed by atoms with Crippen molar-refractivity contribution in [2.24, 2.45) is 17.2 Å². The molecule has 0 saturated heterocycles. The summed E-state index contributed by atoms with van der Waals surface area (Å²) < 4.78 is 0. The normalized spacial score (nSPS) is 13.4. The second-order valence-corrected chi connectivity index (χ2v) is 10.5. The Morgan fingerprint density at radius 2 is 1.50 bits per heavy atom. The fourth-order valence-electron chi connectivity index (χ4n) is 3.46. The van der Waals surface area contributed by atoms with Crippen molar-refractivity contribution in [2.45, 2.75) is 63.6 Å². The van der Waals surface area contributed by atoms with Crippen LogP contribution in [0.25, 0.3) is 9.75 Å². The Hall–Kier alpha value is -2.80. The van der Waals surface area contributed by atoms with Gasteiger partial charge in [-0.2, -0.15) is 0 Å². The van der Waals surface area contributed by atoms with E-state index in [1.807, 2.05) is 23.6 Å². The molecule has 0 aliphatic heterocycles. The summed E-state index contributed by atoms with van der Waals surface area (Å²) in [5.41, 5.74) is 16.5. The van der Waals surface area contributed by atoms with Crippen molar-refractivity contribution in [1.82, 2.24) is 16.0 Å². The highest BCUT2D eigenvalue weighted by Crippen LogP contribution is 2.31. The summed E-state index contributed by atoms with van der Waals surface area (Å²) in [6, 6.07) is 4.91. The first-order valence-electron chi connectivity index (χ1n) is 12.0. The number of amides is 4. The van der Waals surface area contributed by atoms with Crippen LogP contribution in [0.5, 0.6) is 0 Å². The highest BCUT2D eigenvalue weighted by molar-refractivity contribution is 7.22. The summed E-state index contributed by atoms with van der Waals surface area (Å²) in [4.78, 5) is 52.7. The molecule has 0 unspecified atom stereocenters. The van der Waals surface area contributed by atoms with E-state index in [0.29, 0.717) is 56.5 Å². The van der Waals surface area contributed by atoms with E-state index in [1.54, 1.807) is 17.4 Å². The first-order valence-corrected chi connectivity index (χ1v) is 13.7. The van der Waals surface area contributed by atoms with E-state index in [1.165, 1.54) is 18.3 Å². The van der Waals surface area contributed by atoms with Crippen molar-refractivity contribution in [1.29, 1.82) is 0 Å². The summed E-state index contributed by atoms with van der Waals surface area (Å²) in [6.45, 7) is 2.45. The van der Waals surface area contributed by atoms with Crippen LogP contribution in [0.3, 0.4) is 0 Å². The van der Waals surface area contributed by atoms with Crippen LogP contribution in [0.15, 0.2) is 29.6 Å². The molecule has 0 spiro atoms. The molecule has 0 radical (unpaired) electrons. The molecule has 0 aromatic carbocycles. The zero-order valence-corrected chi connectivity index (χ0v) is 22.1. The highest BCUT2D eigenvalue weighted by atomic mass is 32.1. The maximum absolute atomic E-state index is 13.0. The minimum atomic E-state index is -0.935. The molecular weight excluding hydrogens is 500 g/mol. The molecule has 0 aliphatic rings. The second kappa shape index (κ2) is 15.3. The van der Waals surface area contributed by atoms with Crippen LogP contribution in [0.2, 0.25) is 0 Å². The molecule has 0 aliphatic carbocycles. The summed E-state index contributed by atoms with van der Waals surface area (Å²) >= 11 is 2.93. The average Bonchev–Trinajstić information content (AvgIpc) is 3.55. The van der Waals surface area contributed by atoms with Gasteiger partial charge in [0.25, 0.3) is 5.91 Å². The first-order chi connectivity index (χ1) is 17.3. The van der Waals surface area contributed by atoms with Gasteiger partial charge < -0.3 is 33.2 Å². The fraction of sp³-hybridized carbons (Fsp3) is 0.500. The monoisotopic (exact) mass is 536 g/mol.